The highest BCUT2D eigenvalue weighted by atomic mass is 35.5. The summed E-state index contributed by atoms with van der Waals surface area (Å²) < 4.78 is 0. The van der Waals surface area contributed by atoms with Crippen molar-refractivity contribution < 1.29 is 4.79 Å². The molecule has 1 heterocycles. The Kier molecular flexibility index (Phi) is 3.42. The lowest BCUT2D eigenvalue weighted by molar-refractivity contribution is 0.0970. The van der Waals surface area contributed by atoms with Crippen LogP contribution in [-0.4, -0.2) is 5.78 Å². The lowest BCUT2D eigenvalue weighted by atomic mass is 9.96. The van der Waals surface area contributed by atoms with Crippen molar-refractivity contribution in [3.8, 4) is 0 Å². The third kappa shape index (κ3) is 2.18. The number of ketones is 1. The van der Waals surface area contributed by atoms with Crippen LogP contribution in [0.4, 0.5) is 0 Å². The molecule has 0 saturated carbocycles. The van der Waals surface area contributed by atoms with Crippen LogP contribution in [0.3, 0.4) is 0 Å². The highest BCUT2D eigenvalue weighted by Gasteiger charge is 2.20. The molecule has 0 saturated heterocycles. The van der Waals surface area contributed by atoms with Gasteiger partial charge in [-0.1, -0.05) is 48.9 Å². The van der Waals surface area contributed by atoms with Crippen molar-refractivity contribution >= 4 is 28.7 Å². The first-order valence-corrected chi connectivity index (χ1v) is 6.28. The van der Waals surface area contributed by atoms with Crippen LogP contribution in [0.2, 0.25) is 5.02 Å². The van der Waals surface area contributed by atoms with E-state index in [9.17, 15) is 4.79 Å². The normalized spacial score (nSPS) is 12.4. The molecule has 0 radical (unpaired) electrons. The minimum Gasteiger partial charge on any atom is -0.293 e. The van der Waals surface area contributed by atoms with Gasteiger partial charge >= 0.3 is 0 Å². The number of carbonyl (C=O) groups excluding carboxylic acids is 1. The van der Waals surface area contributed by atoms with Crippen molar-refractivity contribution in [2.75, 3.05) is 0 Å². The first-order valence-electron chi connectivity index (χ1n) is 5.02. The second kappa shape index (κ2) is 4.81. The second-order valence-electron chi connectivity index (χ2n) is 3.59. The van der Waals surface area contributed by atoms with E-state index in [-0.39, 0.29) is 11.7 Å². The van der Waals surface area contributed by atoms with Gasteiger partial charge in [-0.2, -0.15) is 0 Å². The van der Waals surface area contributed by atoms with Crippen LogP contribution in [-0.2, 0) is 0 Å². The number of thiophene rings is 1. The van der Waals surface area contributed by atoms with Gasteiger partial charge in [-0.3, -0.25) is 4.79 Å². The molecule has 1 aromatic heterocycles. The standard InChI is InChI=1S/C13H11ClOS/c1-9(10-5-3-2-4-6-10)12(15)13-11(14)7-8-16-13/h2-9H,1H3. The monoisotopic (exact) mass is 250 g/mol. The van der Waals surface area contributed by atoms with E-state index in [4.69, 9.17) is 11.6 Å². The summed E-state index contributed by atoms with van der Waals surface area (Å²) in [5.74, 6) is -0.0523. The molecule has 1 atom stereocenters. The second-order valence-corrected chi connectivity index (χ2v) is 4.92. The van der Waals surface area contributed by atoms with Crippen LogP contribution in [0.25, 0.3) is 0 Å². The number of hydrogen-bond acceptors (Lipinski definition) is 2. The van der Waals surface area contributed by atoms with Gasteiger partial charge in [-0.15, -0.1) is 11.3 Å². The number of Topliss-reactive ketones (excluding diaryl/α,β-unsaturated/α-hetero) is 1. The predicted octanol–water partition coefficient (Wildman–Crippen LogP) is 4.39. The molecule has 0 bridgehead atoms. The molecule has 2 aromatic rings. The van der Waals surface area contributed by atoms with Crippen molar-refractivity contribution in [2.24, 2.45) is 0 Å². The fourth-order valence-corrected chi connectivity index (χ4v) is 2.74. The first kappa shape index (κ1) is 11.4. The first-order chi connectivity index (χ1) is 7.70. The van der Waals surface area contributed by atoms with Crippen LogP contribution in [0.1, 0.15) is 28.1 Å². The van der Waals surface area contributed by atoms with Crippen LogP contribution in [0.15, 0.2) is 41.8 Å². The molecule has 0 amide bonds. The van der Waals surface area contributed by atoms with Gasteiger partial charge < -0.3 is 0 Å². The third-order valence-corrected chi connectivity index (χ3v) is 3.89. The van der Waals surface area contributed by atoms with Gasteiger partial charge in [0.25, 0.3) is 0 Å². The number of hydrogen-bond donors (Lipinski definition) is 0. The molecule has 16 heavy (non-hydrogen) atoms. The smallest absolute Gasteiger partial charge is 0.181 e. The molecular weight excluding hydrogens is 240 g/mol. The van der Waals surface area contributed by atoms with Crippen molar-refractivity contribution in [2.45, 2.75) is 12.8 Å². The van der Waals surface area contributed by atoms with Gasteiger partial charge in [0, 0.05) is 5.92 Å². The lowest BCUT2D eigenvalue weighted by Gasteiger charge is -2.09. The van der Waals surface area contributed by atoms with Gasteiger partial charge in [-0.25, -0.2) is 0 Å². The van der Waals surface area contributed by atoms with E-state index in [0.29, 0.717) is 9.90 Å². The van der Waals surface area contributed by atoms with Crippen LogP contribution in [0.5, 0.6) is 0 Å². The Morgan fingerprint density at radius 1 is 1.25 bits per heavy atom. The number of benzene rings is 1. The number of rotatable bonds is 3. The minimum absolute atomic E-state index is 0.0891. The fourth-order valence-electron chi connectivity index (χ4n) is 1.56. The Morgan fingerprint density at radius 2 is 1.94 bits per heavy atom. The van der Waals surface area contributed by atoms with Crippen LogP contribution < -0.4 is 0 Å². The highest BCUT2D eigenvalue weighted by Crippen LogP contribution is 2.28. The summed E-state index contributed by atoms with van der Waals surface area (Å²) in [5, 5.41) is 2.39. The summed E-state index contributed by atoms with van der Waals surface area (Å²) in [6.45, 7) is 1.91. The van der Waals surface area contributed by atoms with E-state index in [1.54, 1.807) is 6.07 Å². The van der Waals surface area contributed by atoms with Gasteiger partial charge in [0.05, 0.1) is 9.90 Å². The maximum Gasteiger partial charge on any atom is 0.181 e. The summed E-state index contributed by atoms with van der Waals surface area (Å²) in [5.41, 5.74) is 1.02. The summed E-state index contributed by atoms with van der Waals surface area (Å²) >= 11 is 7.35. The Bertz CT molecular complexity index is 490. The zero-order valence-corrected chi connectivity index (χ0v) is 10.4. The lowest BCUT2D eigenvalue weighted by Crippen LogP contribution is -2.08. The molecule has 0 fully saturated rings. The van der Waals surface area contributed by atoms with E-state index in [1.165, 1.54) is 11.3 Å². The molecule has 0 spiro atoms. The average molecular weight is 251 g/mol. The van der Waals surface area contributed by atoms with Crippen molar-refractivity contribution in [3.63, 3.8) is 0 Å². The molecule has 1 unspecified atom stereocenters. The van der Waals surface area contributed by atoms with E-state index < -0.39 is 0 Å². The van der Waals surface area contributed by atoms with E-state index in [0.717, 1.165) is 5.56 Å². The summed E-state index contributed by atoms with van der Waals surface area (Å²) in [6.07, 6.45) is 0. The summed E-state index contributed by atoms with van der Waals surface area (Å²) in [6, 6.07) is 11.5. The van der Waals surface area contributed by atoms with Crippen molar-refractivity contribution in [3.05, 3.63) is 57.2 Å². The number of carbonyl (C=O) groups is 1. The molecule has 3 heteroatoms. The van der Waals surface area contributed by atoms with Crippen LogP contribution in [0, 0.1) is 0 Å². The molecule has 82 valence electrons. The molecular formula is C13H11ClOS. The fraction of sp³-hybridized carbons (Fsp3) is 0.154. The largest absolute Gasteiger partial charge is 0.293 e. The Labute approximate surface area is 104 Å². The predicted molar refractivity (Wildman–Crippen MR) is 68.5 cm³/mol. The molecule has 0 aliphatic rings. The zero-order valence-electron chi connectivity index (χ0n) is 8.81. The molecule has 1 aromatic carbocycles. The maximum atomic E-state index is 12.2. The SMILES string of the molecule is CC(C(=O)c1sccc1Cl)c1ccccc1. The van der Waals surface area contributed by atoms with E-state index in [1.807, 2.05) is 42.6 Å². The summed E-state index contributed by atoms with van der Waals surface area (Å²) in [7, 11) is 0. The third-order valence-electron chi connectivity index (χ3n) is 2.53. The molecule has 0 aliphatic carbocycles. The minimum atomic E-state index is -0.141. The molecule has 1 nitrogen and oxygen atoms in total. The van der Waals surface area contributed by atoms with Gasteiger partial charge in [0.15, 0.2) is 5.78 Å². The van der Waals surface area contributed by atoms with Gasteiger partial charge in [0.2, 0.25) is 0 Å². The zero-order chi connectivity index (χ0) is 11.5. The number of halogens is 1. The maximum absolute atomic E-state index is 12.2. The topological polar surface area (TPSA) is 17.1 Å². The van der Waals surface area contributed by atoms with Crippen LogP contribution >= 0.6 is 22.9 Å². The van der Waals surface area contributed by atoms with Gasteiger partial charge in [0.1, 0.15) is 0 Å². The quantitative estimate of drug-likeness (QED) is 0.739. The van der Waals surface area contributed by atoms with Crippen molar-refractivity contribution in [1.29, 1.82) is 0 Å². The molecule has 0 aliphatic heterocycles. The summed E-state index contributed by atoms with van der Waals surface area (Å²) in [4.78, 5) is 12.8. The van der Waals surface area contributed by atoms with Gasteiger partial charge in [-0.05, 0) is 17.0 Å². The Morgan fingerprint density at radius 3 is 2.50 bits per heavy atom. The highest BCUT2D eigenvalue weighted by molar-refractivity contribution is 7.12. The van der Waals surface area contributed by atoms with Crippen molar-refractivity contribution in [1.82, 2.24) is 0 Å². The average Bonchev–Trinajstić information content (AvgIpc) is 2.75. The Hall–Kier alpha value is -1.12. The van der Waals surface area contributed by atoms with E-state index in [2.05, 4.69) is 0 Å². The molecule has 0 N–H and O–H groups in total. The Balaban J connectivity index is 2.27. The van der Waals surface area contributed by atoms with E-state index >= 15 is 0 Å². The molecule has 2 rings (SSSR count).